The van der Waals surface area contributed by atoms with E-state index in [1.165, 1.54) is 6.07 Å². The van der Waals surface area contributed by atoms with Crippen molar-refractivity contribution >= 4 is 5.91 Å². The van der Waals surface area contributed by atoms with Crippen molar-refractivity contribution in [3.8, 4) is 0 Å². The summed E-state index contributed by atoms with van der Waals surface area (Å²) >= 11 is 0. The van der Waals surface area contributed by atoms with Gasteiger partial charge >= 0.3 is 0 Å². The Labute approximate surface area is 123 Å². The van der Waals surface area contributed by atoms with Gasteiger partial charge in [-0.25, -0.2) is 0 Å². The van der Waals surface area contributed by atoms with Gasteiger partial charge in [-0.2, -0.15) is 5.10 Å². The van der Waals surface area contributed by atoms with E-state index in [9.17, 15) is 9.59 Å². The molecule has 2 N–H and O–H groups in total. The van der Waals surface area contributed by atoms with Crippen LogP contribution in [0.3, 0.4) is 0 Å². The number of pyridine rings is 1. The maximum Gasteiger partial charge on any atom is 0.257 e. The van der Waals surface area contributed by atoms with Crippen LogP contribution in [0.15, 0.2) is 23.1 Å². The number of hydrogen-bond donors (Lipinski definition) is 2. The van der Waals surface area contributed by atoms with Gasteiger partial charge in [-0.05, 0) is 26.3 Å². The standard InChI is InChI=1S/C15H20N4O2/c1-5-11(12-6-7-16-19(12)4)18-15(21)14-10(3)17-9(2)8-13(14)20/h6-8,11H,5H2,1-4H3,(H,17,20)(H,18,21). The molecule has 21 heavy (non-hydrogen) atoms. The number of aromatic amines is 1. The fourth-order valence-corrected chi connectivity index (χ4v) is 2.47. The largest absolute Gasteiger partial charge is 0.362 e. The molecule has 0 saturated carbocycles. The highest BCUT2D eigenvalue weighted by molar-refractivity contribution is 5.95. The number of aryl methyl sites for hydroxylation is 3. The minimum Gasteiger partial charge on any atom is -0.362 e. The molecule has 1 amide bonds. The fraction of sp³-hybridized carbons (Fsp3) is 0.400. The number of nitrogens with zero attached hydrogens (tertiary/aromatic N) is 2. The van der Waals surface area contributed by atoms with Crippen molar-refractivity contribution in [1.29, 1.82) is 0 Å². The maximum atomic E-state index is 12.4. The third-order valence-electron chi connectivity index (χ3n) is 3.51. The molecule has 2 aromatic rings. The van der Waals surface area contributed by atoms with Gasteiger partial charge in [0.2, 0.25) is 0 Å². The highest BCUT2D eigenvalue weighted by atomic mass is 16.2. The molecule has 0 aliphatic heterocycles. The summed E-state index contributed by atoms with van der Waals surface area (Å²) in [5, 5.41) is 7.02. The van der Waals surface area contributed by atoms with Gasteiger partial charge in [-0.3, -0.25) is 14.3 Å². The van der Waals surface area contributed by atoms with E-state index in [0.717, 1.165) is 11.4 Å². The Morgan fingerprint density at radius 1 is 1.48 bits per heavy atom. The van der Waals surface area contributed by atoms with E-state index in [4.69, 9.17) is 0 Å². The highest BCUT2D eigenvalue weighted by Crippen LogP contribution is 2.16. The lowest BCUT2D eigenvalue weighted by atomic mass is 10.1. The molecule has 0 aliphatic rings. The van der Waals surface area contributed by atoms with Crippen molar-refractivity contribution in [1.82, 2.24) is 20.1 Å². The number of carbonyl (C=O) groups excluding carboxylic acids is 1. The Balaban J connectivity index is 2.29. The number of amides is 1. The van der Waals surface area contributed by atoms with Crippen molar-refractivity contribution < 1.29 is 4.79 Å². The van der Waals surface area contributed by atoms with Crippen molar-refractivity contribution in [2.75, 3.05) is 0 Å². The molecule has 2 heterocycles. The Morgan fingerprint density at radius 2 is 2.19 bits per heavy atom. The zero-order chi connectivity index (χ0) is 15.6. The van der Waals surface area contributed by atoms with Crippen LogP contribution in [0, 0.1) is 13.8 Å². The van der Waals surface area contributed by atoms with Crippen LogP contribution in [0.4, 0.5) is 0 Å². The summed E-state index contributed by atoms with van der Waals surface area (Å²) in [6.07, 6.45) is 2.40. The highest BCUT2D eigenvalue weighted by Gasteiger charge is 2.20. The molecule has 0 saturated heterocycles. The molecular weight excluding hydrogens is 268 g/mol. The number of hydrogen-bond acceptors (Lipinski definition) is 3. The Morgan fingerprint density at radius 3 is 2.71 bits per heavy atom. The van der Waals surface area contributed by atoms with E-state index in [2.05, 4.69) is 15.4 Å². The topological polar surface area (TPSA) is 79.8 Å². The Kier molecular flexibility index (Phi) is 4.26. The number of nitrogens with one attached hydrogen (secondary N) is 2. The van der Waals surface area contributed by atoms with Crippen LogP contribution in [0.25, 0.3) is 0 Å². The van der Waals surface area contributed by atoms with Crippen LogP contribution in [-0.2, 0) is 7.05 Å². The van der Waals surface area contributed by atoms with Gasteiger partial charge in [0.05, 0.1) is 11.7 Å². The smallest absolute Gasteiger partial charge is 0.257 e. The molecule has 0 spiro atoms. The van der Waals surface area contributed by atoms with Crippen LogP contribution < -0.4 is 10.7 Å². The van der Waals surface area contributed by atoms with Crippen LogP contribution >= 0.6 is 0 Å². The van der Waals surface area contributed by atoms with Crippen molar-refractivity contribution in [2.24, 2.45) is 7.05 Å². The minimum atomic E-state index is -0.359. The molecule has 2 rings (SSSR count). The number of carbonyl (C=O) groups is 1. The summed E-state index contributed by atoms with van der Waals surface area (Å²) in [7, 11) is 1.83. The molecule has 112 valence electrons. The van der Waals surface area contributed by atoms with Gasteiger partial charge in [-0.1, -0.05) is 6.92 Å². The van der Waals surface area contributed by atoms with Gasteiger partial charge in [0, 0.05) is 30.7 Å². The maximum absolute atomic E-state index is 12.4. The monoisotopic (exact) mass is 288 g/mol. The second kappa shape index (κ2) is 5.95. The van der Waals surface area contributed by atoms with Crippen molar-refractivity contribution in [3.63, 3.8) is 0 Å². The first-order valence-corrected chi connectivity index (χ1v) is 6.93. The zero-order valence-corrected chi connectivity index (χ0v) is 12.7. The summed E-state index contributed by atoms with van der Waals surface area (Å²) in [5.41, 5.74) is 2.14. The molecule has 0 aromatic carbocycles. The predicted octanol–water partition coefficient (Wildman–Crippen LogP) is 1.61. The number of H-pyrrole nitrogens is 1. The van der Waals surface area contributed by atoms with Crippen LogP contribution in [0.5, 0.6) is 0 Å². The molecular formula is C15H20N4O2. The Hall–Kier alpha value is -2.37. The normalized spacial score (nSPS) is 12.2. The van der Waals surface area contributed by atoms with Gasteiger partial charge < -0.3 is 10.3 Å². The third-order valence-corrected chi connectivity index (χ3v) is 3.51. The van der Waals surface area contributed by atoms with Gasteiger partial charge in [0.1, 0.15) is 5.56 Å². The second-order valence-corrected chi connectivity index (χ2v) is 5.13. The molecule has 1 atom stereocenters. The quantitative estimate of drug-likeness (QED) is 0.897. The summed E-state index contributed by atoms with van der Waals surface area (Å²) < 4.78 is 1.72. The molecule has 6 nitrogen and oxygen atoms in total. The molecule has 0 aliphatic carbocycles. The summed E-state index contributed by atoms with van der Waals surface area (Å²) in [6.45, 7) is 5.50. The van der Waals surface area contributed by atoms with Gasteiger partial charge in [-0.15, -0.1) is 0 Å². The molecule has 1 unspecified atom stereocenters. The molecule has 6 heteroatoms. The molecule has 2 aromatic heterocycles. The first-order valence-electron chi connectivity index (χ1n) is 6.93. The average molecular weight is 288 g/mol. The number of aromatic nitrogens is 3. The number of rotatable bonds is 4. The van der Waals surface area contributed by atoms with E-state index in [-0.39, 0.29) is 22.9 Å². The molecule has 0 bridgehead atoms. The van der Waals surface area contributed by atoms with E-state index >= 15 is 0 Å². The lowest BCUT2D eigenvalue weighted by Crippen LogP contribution is -2.33. The van der Waals surface area contributed by atoms with E-state index in [1.54, 1.807) is 24.7 Å². The first-order chi connectivity index (χ1) is 9.93. The lowest BCUT2D eigenvalue weighted by molar-refractivity contribution is 0.0932. The summed E-state index contributed by atoms with van der Waals surface area (Å²) in [6, 6.07) is 3.12. The summed E-state index contributed by atoms with van der Waals surface area (Å²) in [5.74, 6) is -0.359. The fourth-order valence-electron chi connectivity index (χ4n) is 2.47. The SMILES string of the molecule is CCC(NC(=O)c1c(C)[nH]c(C)cc1=O)c1ccnn1C. The van der Waals surface area contributed by atoms with E-state index < -0.39 is 0 Å². The van der Waals surface area contributed by atoms with E-state index in [0.29, 0.717) is 12.1 Å². The minimum absolute atomic E-state index is 0.168. The zero-order valence-electron chi connectivity index (χ0n) is 12.7. The second-order valence-electron chi connectivity index (χ2n) is 5.13. The Bertz CT molecular complexity index is 715. The van der Waals surface area contributed by atoms with Crippen molar-refractivity contribution in [2.45, 2.75) is 33.2 Å². The van der Waals surface area contributed by atoms with E-state index in [1.807, 2.05) is 20.0 Å². The van der Waals surface area contributed by atoms with Crippen LogP contribution in [0.2, 0.25) is 0 Å². The first kappa shape index (κ1) is 15.0. The van der Waals surface area contributed by atoms with Crippen molar-refractivity contribution in [3.05, 3.63) is 51.2 Å². The molecule has 0 fully saturated rings. The predicted molar refractivity (Wildman–Crippen MR) is 80.2 cm³/mol. The van der Waals surface area contributed by atoms with Crippen LogP contribution in [-0.4, -0.2) is 20.7 Å². The third kappa shape index (κ3) is 3.04. The lowest BCUT2D eigenvalue weighted by Gasteiger charge is -2.17. The van der Waals surface area contributed by atoms with Gasteiger partial charge in [0.25, 0.3) is 5.91 Å². The average Bonchev–Trinajstić information content (AvgIpc) is 2.81. The molecule has 0 radical (unpaired) electrons. The van der Waals surface area contributed by atoms with Gasteiger partial charge in [0.15, 0.2) is 5.43 Å². The summed E-state index contributed by atoms with van der Waals surface area (Å²) in [4.78, 5) is 27.5. The van der Waals surface area contributed by atoms with Crippen LogP contribution in [0.1, 0.15) is 46.8 Å².